The highest BCUT2D eigenvalue weighted by Gasteiger charge is 2.16. The summed E-state index contributed by atoms with van der Waals surface area (Å²) in [6, 6.07) is 3.06. The van der Waals surface area contributed by atoms with E-state index in [1.54, 1.807) is 0 Å². The molecule has 6 heteroatoms. The Bertz CT molecular complexity index is 554. The maximum Gasteiger partial charge on any atom is 0.206 e. The molecule has 0 aliphatic carbocycles. The molecule has 96 valence electrons. The minimum Gasteiger partial charge on any atom is -0.360 e. The van der Waals surface area contributed by atoms with E-state index in [9.17, 15) is 8.78 Å². The standard InChI is InChI=1S/C12H13F2N3S/c1-3-6-15-12-17-16-11(18-12)8-5-4-7(2)9(13)10(8)14/h4-5H,3,6H2,1-2H3,(H,15,17). The molecule has 2 aromatic rings. The molecule has 0 atom stereocenters. The first-order valence-electron chi connectivity index (χ1n) is 5.65. The van der Waals surface area contributed by atoms with Gasteiger partial charge in [0.05, 0.1) is 5.56 Å². The molecule has 0 unspecified atom stereocenters. The lowest BCUT2D eigenvalue weighted by molar-refractivity contribution is 0.505. The number of nitrogens with one attached hydrogen (secondary N) is 1. The molecule has 18 heavy (non-hydrogen) atoms. The summed E-state index contributed by atoms with van der Waals surface area (Å²) in [5.41, 5.74) is 0.435. The van der Waals surface area contributed by atoms with Crippen molar-refractivity contribution in [3.63, 3.8) is 0 Å². The van der Waals surface area contributed by atoms with E-state index < -0.39 is 11.6 Å². The van der Waals surface area contributed by atoms with Crippen molar-refractivity contribution in [2.24, 2.45) is 0 Å². The van der Waals surface area contributed by atoms with E-state index in [4.69, 9.17) is 0 Å². The smallest absolute Gasteiger partial charge is 0.206 e. The lowest BCUT2D eigenvalue weighted by atomic mass is 10.1. The molecule has 0 bridgehead atoms. The molecule has 0 saturated heterocycles. The molecule has 0 spiro atoms. The van der Waals surface area contributed by atoms with Crippen LogP contribution in [-0.2, 0) is 0 Å². The largest absolute Gasteiger partial charge is 0.360 e. The van der Waals surface area contributed by atoms with Crippen molar-refractivity contribution in [3.8, 4) is 10.6 Å². The molecule has 1 N–H and O–H groups in total. The van der Waals surface area contributed by atoms with Crippen LogP contribution in [-0.4, -0.2) is 16.7 Å². The summed E-state index contributed by atoms with van der Waals surface area (Å²) < 4.78 is 27.2. The number of halogens is 2. The molecule has 0 radical (unpaired) electrons. The molecule has 0 fully saturated rings. The third-order valence-electron chi connectivity index (χ3n) is 2.46. The Labute approximate surface area is 108 Å². The Morgan fingerprint density at radius 2 is 2.00 bits per heavy atom. The van der Waals surface area contributed by atoms with Crippen molar-refractivity contribution in [3.05, 3.63) is 29.3 Å². The number of rotatable bonds is 4. The molecule has 1 aromatic carbocycles. The van der Waals surface area contributed by atoms with Gasteiger partial charge in [0.25, 0.3) is 0 Å². The molecule has 1 aromatic heterocycles. The van der Waals surface area contributed by atoms with Gasteiger partial charge in [0.2, 0.25) is 5.13 Å². The zero-order valence-corrected chi connectivity index (χ0v) is 10.9. The van der Waals surface area contributed by atoms with Gasteiger partial charge in [-0.3, -0.25) is 0 Å². The highest BCUT2D eigenvalue weighted by molar-refractivity contribution is 7.18. The molecular weight excluding hydrogens is 256 g/mol. The van der Waals surface area contributed by atoms with Gasteiger partial charge in [-0.1, -0.05) is 24.3 Å². The monoisotopic (exact) mass is 269 g/mol. The fourth-order valence-corrected chi connectivity index (χ4v) is 2.23. The summed E-state index contributed by atoms with van der Waals surface area (Å²) in [7, 11) is 0. The first kappa shape index (κ1) is 12.9. The number of aryl methyl sites for hydroxylation is 1. The second-order valence-electron chi connectivity index (χ2n) is 3.90. The van der Waals surface area contributed by atoms with E-state index in [1.807, 2.05) is 6.92 Å². The zero-order chi connectivity index (χ0) is 13.1. The van der Waals surface area contributed by atoms with Crippen LogP contribution in [0.4, 0.5) is 13.9 Å². The van der Waals surface area contributed by atoms with Crippen molar-refractivity contribution in [2.45, 2.75) is 20.3 Å². The van der Waals surface area contributed by atoms with Crippen molar-refractivity contribution < 1.29 is 8.78 Å². The predicted octanol–water partition coefficient (Wildman–Crippen LogP) is 3.61. The second-order valence-corrected chi connectivity index (χ2v) is 4.87. The fraction of sp³-hybridized carbons (Fsp3) is 0.333. The topological polar surface area (TPSA) is 37.8 Å². The summed E-state index contributed by atoms with van der Waals surface area (Å²) in [6.45, 7) is 4.33. The van der Waals surface area contributed by atoms with Gasteiger partial charge in [-0.25, -0.2) is 8.78 Å². The van der Waals surface area contributed by atoms with Crippen LogP contribution in [0.15, 0.2) is 12.1 Å². The second kappa shape index (κ2) is 5.39. The number of benzene rings is 1. The van der Waals surface area contributed by atoms with E-state index in [-0.39, 0.29) is 11.1 Å². The van der Waals surface area contributed by atoms with Crippen LogP contribution in [0.5, 0.6) is 0 Å². The van der Waals surface area contributed by atoms with Crippen LogP contribution in [0, 0.1) is 18.6 Å². The minimum atomic E-state index is -0.867. The lowest BCUT2D eigenvalue weighted by Gasteiger charge is -2.02. The number of anilines is 1. The number of hydrogen-bond donors (Lipinski definition) is 1. The molecule has 0 aliphatic heterocycles. The van der Waals surface area contributed by atoms with Gasteiger partial charge in [0.15, 0.2) is 16.6 Å². The number of aromatic nitrogens is 2. The first-order chi connectivity index (χ1) is 8.63. The quantitative estimate of drug-likeness (QED) is 0.921. The van der Waals surface area contributed by atoms with Gasteiger partial charge in [-0.05, 0) is 25.0 Å². The third-order valence-corrected chi connectivity index (χ3v) is 3.37. The third kappa shape index (κ3) is 2.48. The van der Waals surface area contributed by atoms with Crippen molar-refractivity contribution in [1.29, 1.82) is 0 Å². The molecule has 0 saturated carbocycles. The Hall–Kier alpha value is -1.56. The molecule has 2 rings (SSSR count). The van der Waals surface area contributed by atoms with E-state index >= 15 is 0 Å². The predicted molar refractivity (Wildman–Crippen MR) is 68.8 cm³/mol. The van der Waals surface area contributed by atoms with Crippen LogP contribution >= 0.6 is 11.3 Å². The number of nitrogens with zero attached hydrogens (tertiary/aromatic N) is 2. The fourth-order valence-electron chi connectivity index (χ4n) is 1.45. The number of hydrogen-bond acceptors (Lipinski definition) is 4. The molecule has 1 heterocycles. The highest BCUT2D eigenvalue weighted by atomic mass is 32.1. The maximum absolute atomic E-state index is 13.8. The van der Waals surface area contributed by atoms with Crippen molar-refractivity contribution in [1.82, 2.24) is 10.2 Å². The van der Waals surface area contributed by atoms with Crippen LogP contribution < -0.4 is 5.32 Å². The summed E-state index contributed by atoms with van der Waals surface area (Å²) in [4.78, 5) is 0. The first-order valence-corrected chi connectivity index (χ1v) is 6.47. The SMILES string of the molecule is CCCNc1nnc(-c2ccc(C)c(F)c2F)s1. The minimum absolute atomic E-state index is 0.153. The average molecular weight is 269 g/mol. The van der Waals surface area contributed by atoms with Gasteiger partial charge >= 0.3 is 0 Å². The van der Waals surface area contributed by atoms with Crippen LogP contribution in [0.1, 0.15) is 18.9 Å². The Kier molecular flexibility index (Phi) is 3.86. The van der Waals surface area contributed by atoms with Crippen LogP contribution in [0.25, 0.3) is 10.6 Å². The van der Waals surface area contributed by atoms with E-state index in [1.165, 1.54) is 30.4 Å². The van der Waals surface area contributed by atoms with Gasteiger partial charge in [0.1, 0.15) is 0 Å². The van der Waals surface area contributed by atoms with Crippen molar-refractivity contribution in [2.75, 3.05) is 11.9 Å². The summed E-state index contributed by atoms with van der Waals surface area (Å²) in [5.74, 6) is -1.70. The molecule has 3 nitrogen and oxygen atoms in total. The van der Waals surface area contributed by atoms with E-state index in [2.05, 4.69) is 15.5 Å². The maximum atomic E-state index is 13.8. The average Bonchev–Trinajstić information content (AvgIpc) is 2.82. The summed E-state index contributed by atoms with van der Waals surface area (Å²) in [6.07, 6.45) is 0.961. The summed E-state index contributed by atoms with van der Waals surface area (Å²) in [5, 5.41) is 11.8. The van der Waals surface area contributed by atoms with Gasteiger partial charge < -0.3 is 5.32 Å². The summed E-state index contributed by atoms with van der Waals surface area (Å²) >= 11 is 1.21. The highest BCUT2D eigenvalue weighted by Crippen LogP contribution is 2.30. The molecule has 0 amide bonds. The van der Waals surface area contributed by atoms with Crippen LogP contribution in [0.2, 0.25) is 0 Å². The van der Waals surface area contributed by atoms with Crippen LogP contribution in [0.3, 0.4) is 0 Å². The molecule has 0 aliphatic rings. The van der Waals surface area contributed by atoms with Gasteiger partial charge in [-0.15, -0.1) is 10.2 Å². The van der Waals surface area contributed by atoms with Gasteiger partial charge in [0, 0.05) is 6.54 Å². The van der Waals surface area contributed by atoms with Gasteiger partial charge in [-0.2, -0.15) is 0 Å². The van der Waals surface area contributed by atoms with E-state index in [0.29, 0.717) is 10.1 Å². The Morgan fingerprint density at radius 3 is 2.72 bits per heavy atom. The lowest BCUT2D eigenvalue weighted by Crippen LogP contribution is -1.98. The van der Waals surface area contributed by atoms with E-state index in [0.717, 1.165) is 13.0 Å². The zero-order valence-electron chi connectivity index (χ0n) is 10.1. The van der Waals surface area contributed by atoms with Crippen molar-refractivity contribution >= 4 is 16.5 Å². The Balaban J connectivity index is 2.31. The Morgan fingerprint density at radius 1 is 1.22 bits per heavy atom. The normalized spacial score (nSPS) is 10.7. The molecular formula is C12H13F2N3S.